The van der Waals surface area contributed by atoms with Crippen molar-refractivity contribution in [1.29, 1.82) is 0 Å². The molecule has 98 valence electrons. The number of aryl methyl sites for hydroxylation is 1. The summed E-state index contributed by atoms with van der Waals surface area (Å²) in [6.45, 7) is 1.86. The van der Waals surface area contributed by atoms with Gasteiger partial charge in [0.15, 0.2) is 0 Å². The molecule has 2 aromatic carbocycles. The Morgan fingerprint density at radius 3 is 2.58 bits per heavy atom. The molecule has 0 N–H and O–H groups in total. The lowest BCUT2D eigenvalue weighted by Gasteiger charge is -2.07. The molecule has 0 spiro atoms. The van der Waals surface area contributed by atoms with Crippen LogP contribution in [0.25, 0.3) is 0 Å². The highest BCUT2D eigenvalue weighted by Gasteiger charge is 2.10. The first-order valence-corrected chi connectivity index (χ1v) is 6.52. The number of benzene rings is 2. The number of hydrogen-bond acceptors (Lipinski definition) is 3. The second-order valence-electron chi connectivity index (χ2n) is 3.92. The van der Waals surface area contributed by atoms with Gasteiger partial charge < -0.3 is 4.74 Å². The second-order valence-corrected chi connectivity index (χ2v) is 5.24. The molecule has 0 bridgehead atoms. The van der Waals surface area contributed by atoms with Crippen LogP contribution in [0, 0.1) is 17.0 Å². The van der Waals surface area contributed by atoms with Crippen molar-refractivity contribution in [3.8, 4) is 11.5 Å². The van der Waals surface area contributed by atoms with E-state index in [0.717, 1.165) is 5.56 Å². The summed E-state index contributed by atoms with van der Waals surface area (Å²) in [5, 5.41) is 11.4. The van der Waals surface area contributed by atoms with Gasteiger partial charge >= 0.3 is 0 Å². The molecule has 0 aromatic heterocycles. The maximum absolute atomic E-state index is 10.8. The number of rotatable bonds is 3. The molecule has 2 aromatic rings. The van der Waals surface area contributed by atoms with Crippen LogP contribution in [0.5, 0.6) is 11.5 Å². The lowest BCUT2D eigenvalue weighted by molar-refractivity contribution is -0.385. The van der Waals surface area contributed by atoms with E-state index in [4.69, 9.17) is 16.3 Å². The van der Waals surface area contributed by atoms with Gasteiger partial charge in [-0.1, -0.05) is 27.5 Å². The number of hydrogen-bond donors (Lipinski definition) is 0. The SMILES string of the molecule is Cc1cc(Oc2cc(Br)cc([N+](=O)[O-])c2)ccc1Cl. The zero-order chi connectivity index (χ0) is 14.0. The molecule has 0 aliphatic rings. The molecule has 0 amide bonds. The first-order chi connectivity index (χ1) is 8.95. The molecule has 0 fully saturated rings. The van der Waals surface area contributed by atoms with E-state index < -0.39 is 4.92 Å². The highest BCUT2D eigenvalue weighted by Crippen LogP contribution is 2.31. The minimum absolute atomic E-state index is 0.0324. The van der Waals surface area contributed by atoms with Crippen LogP contribution in [0.15, 0.2) is 40.9 Å². The molecule has 4 nitrogen and oxygen atoms in total. The molecule has 19 heavy (non-hydrogen) atoms. The monoisotopic (exact) mass is 341 g/mol. The van der Waals surface area contributed by atoms with E-state index in [-0.39, 0.29) is 5.69 Å². The quantitative estimate of drug-likeness (QED) is 0.575. The lowest BCUT2D eigenvalue weighted by atomic mass is 10.2. The first kappa shape index (κ1) is 13.8. The average Bonchev–Trinajstić information content (AvgIpc) is 2.33. The van der Waals surface area contributed by atoms with Gasteiger partial charge in [-0.3, -0.25) is 10.1 Å². The maximum Gasteiger partial charge on any atom is 0.274 e. The highest BCUT2D eigenvalue weighted by atomic mass is 79.9. The number of nitrogens with zero attached hydrogens (tertiary/aromatic N) is 1. The fourth-order valence-electron chi connectivity index (χ4n) is 1.53. The summed E-state index contributed by atoms with van der Waals surface area (Å²) in [6.07, 6.45) is 0. The predicted molar refractivity (Wildman–Crippen MR) is 77.1 cm³/mol. The fourth-order valence-corrected chi connectivity index (χ4v) is 2.11. The molecular formula is C13H9BrClNO3. The zero-order valence-corrected chi connectivity index (χ0v) is 12.2. The van der Waals surface area contributed by atoms with Crippen molar-refractivity contribution in [1.82, 2.24) is 0 Å². The van der Waals surface area contributed by atoms with Crippen LogP contribution in [0.4, 0.5) is 5.69 Å². The predicted octanol–water partition coefficient (Wildman–Crippen LogP) is 5.11. The van der Waals surface area contributed by atoms with Crippen molar-refractivity contribution < 1.29 is 9.66 Å². The standard InChI is InChI=1S/C13H9BrClNO3/c1-8-4-11(2-3-13(8)15)19-12-6-9(14)5-10(7-12)16(17)18/h2-7H,1H3. The van der Waals surface area contributed by atoms with Gasteiger partial charge in [0.25, 0.3) is 5.69 Å². The number of halogens is 2. The van der Waals surface area contributed by atoms with E-state index >= 15 is 0 Å². The van der Waals surface area contributed by atoms with E-state index in [1.165, 1.54) is 12.1 Å². The van der Waals surface area contributed by atoms with E-state index in [0.29, 0.717) is 21.0 Å². The van der Waals surface area contributed by atoms with Gasteiger partial charge in [0.2, 0.25) is 0 Å². The molecule has 0 heterocycles. The Bertz CT molecular complexity index is 646. The minimum atomic E-state index is -0.468. The van der Waals surface area contributed by atoms with E-state index in [2.05, 4.69) is 15.9 Å². The van der Waals surface area contributed by atoms with Crippen molar-refractivity contribution in [2.45, 2.75) is 6.92 Å². The van der Waals surface area contributed by atoms with Crippen LogP contribution in [-0.2, 0) is 0 Å². The van der Waals surface area contributed by atoms with E-state index in [9.17, 15) is 10.1 Å². The van der Waals surface area contributed by atoms with Gasteiger partial charge in [0.1, 0.15) is 11.5 Å². The Kier molecular flexibility index (Phi) is 4.07. The van der Waals surface area contributed by atoms with Crippen LogP contribution in [0.1, 0.15) is 5.56 Å². The van der Waals surface area contributed by atoms with E-state index in [1.54, 1.807) is 24.3 Å². The first-order valence-electron chi connectivity index (χ1n) is 5.35. The molecule has 0 aliphatic carbocycles. The van der Waals surface area contributed by atoms with Crippen LogP contribution in [0.2, 0.25) is 5.02 Å². The minimum Gasteiger partial charge on any atom is -0.457 e. The van der Waals surface area contributed by atoms with Crippen molar-refractivity contribution >= 4 is 33.2 Å². The molecule has 0 aliphatic heterocycles. The third-order valence-corrected chi connectivity index (χ3v) is 3.31. The second kappa shape index (κ2) is 5.59. The summed E-state index contributed by atoms with van der Waals surface area (Å²) in [6, 6.07) is 9.65. The summed E-state index contributed by atoms with van der Waals surface area (Å²) in [4.78, 5) is 10.3. The molecule has 6 heteroatoms. The molecular weight excluding hydrogens is 334 g/mol. The van der Waals surface area contributed by atoms with Crippen LogP contribution in [-0.4, -0.2) is 4.92 Å². The molecule has 0 unspecified atom stereocenters. The Balaban J connectivity index is 2.32. The van der Waals surface area contributed by atoms with Crippen molar-refractivity contribution in [3.05, 3.63) is 61.6 Å². The summed E-state index contributed by atoms with van der Waals surface area (Å²) in [5.74, 6) is 0.970. The Labute approximate surface area is 123 Å². The Morgan fingerprint density at radius 2 is 1.95 bits per heavy atom. The number of non-ortho nitro benzene ring substituents is 1. The summed E-state index contributed by atoms with van der Waals surface area (Å²) in [5.41, 5.74) is 0.846. The Hall–Kier alpha value is -1.59. The maximum atomic E-state index is 10.8. The smallest absolute Gasteiger partial charge is 0.274 e. The molecule has 0 saturated heterocycles. The summed E-state index contributed by atoms with van der Waals surface area (Å²) in [7, 11) is 0. The van der Waals surface area contributed by atoms with Gasteiger partial charge in [-0.25, -0.2) is 0 Å². The van der Waals surface area contributed by atoms with Crippen LogP contribution in [0.3, 0.4) is 0 Å². The normalized spacial score (nSPS) is 10.3. The number of nitro groups is 1. The molecule has 0 saturated carbocycles. The van der Waals surface area contributed by atoms with Crippen molar-refractivity contribution in [3.63, 3.8) is 0 Å². The van der Waals surface area contributed by atoms with Crippen molar-refractivity contribution in [2.75, 3.05) is 0 Å². The Morgan fingerprint density at radius 1 is 1.21 bits per heavy atom. The van der Waals surface area contributed by atoms with Crippen LogP contribution < -0.4 is 4.74 Å². The highest BCUT2D eigenvalue weighted by molar-refractivity contribution is 9.10. The van der Waals surface area contributed by atoms with E-state index in [1.807, 2.05) is 6.92 Å². The average molecular weight is 343 g/mol. The van der Waals surface area contributed by atoms with Crippen molar-refractivity contribution in [2.24, 2.45) is 0 Å². The zero-order valence-electron chi connectivity index (χ0n) is 9.89. The van der Waals surface area contributed by atoms with Gasteiger partial charge in [0.05, 0.1) is 11.0 Å². The number of ether oxygens (including phenoxy) is 1. The third-order valence-electron chi connectivity index (χ3n) is 2.43. The van der Waals surface area contributed by atoms with Gasteiger partial charge in [-0.15, -0.1) is 0 Å². The topological polar surface area (TPSA) is 52.4 Å². The van der Waals surface area contributed by atoms with Gasteiger partial charge in [-0.05, 0) is 36.8 Å². The van der Waals surface area contributed by atoms with Gasteiger partial charge in [0, 0.05) is 15.6 Å². The summed E-state index contributed by atoms with van der Waals surface area (Å²) < 4.78 is 6.18. The van der Waals surface area contributed by atoms with Crippen LogP contribution >= 0.6 is 27.5 Å². The fraction of sp³-hybridized carbons (Fsp3) is 0.0769. The third kappa shape index (κ3) is 3.45. The summed E-state index contributed by atoms with van der Waals surface area (Å²) >= 11 is 9.14. The van der Waals surface area contributed by atoms with Gasteiger partial charge in [-0.2, -0.15) is 0 Å². The molecule has 0 radical (unpaired) electrons. The number of nitro benzene ring substituents is 1. The lowest BCUT2D eigenvalue weighted by Crippen LogP contribution is -1.90. The molecule has 2 rings (SSSR count). The largest absolute Gasteiger partial charge is 0.457 e. The molecule has 0 atom stereocenters.